The van der Waals surface area contributed by atoms with Crippen molar-refractivity contribution in [2.24, 2.45) is 7.05 Å². The van der Waals surface area contributed by atoms with E-state index in [9.17, 15) is 4.79 Å². The van der Waals surface area contributed by atoms with E-state index in [2.05, 4.69) is 48.1 Å². The number of likely N-dealkylation sites (N-methyl/N-ethyl adjacent to an activating group) is 1. The fraction of sp³-hybridized carbons (Fsp3) is 0.524. The minimum absolute atomic E-state index is 0.168. The first-order chi connectivity index (χ1) is 13.8. The second-order valence-corrected chi connectivity index (χ2v) is 7.63. The number of aromatic nitrogens is 5. The van der Waals surface area contributed by atoms with Gasteiger partial charge in [-0.1, -0.05) is 27.7 Å². The van der Waals surface area contributed by atoms with Crippen LogP contribution in [0.1, 0.15) is 55.4 Å². The summed E-state index contributed by atoms with van der Waals surface area (Å²) < 4.78 is 3.60. The van der Waals surface area contributed by atoms with Gasteiger partial charge in [0.1, 0.15) is 0 Å². The summed E-state index contributed by atoms with van der Waals surface area (Å²) in [7, 11) is 1.86. The highest BCUT2D eigenvalue weighted by Gasteiger charge is 2.20. The number of amides is 1. The number of hydrogen-bond acceptors (Lipinski definition) is 5. The topological polar surface area (TPSA) is 80.9 Å². The van der Waals surface area contributed by atoms with Crippen molar-refractivity contribution in [1.29, 1.82) is 0 Å². The maximum Gasteiger partial charge on any atom is 0.256 e. The Morgan fingerprint density at radius 2 is 2.00 bits per heavy atom. The molecule has 8 nitrogen and oxygen atoms in total. The second-order valence-electron chi connectivity index (χ2n) is 7.63. The van der Waals surface area contributed by atoms with Crippen LogP contribution < -0.4 is 5.32 Å². The van der Waals surface area contributed by atoms with Crippen molar-refractivity contribution in [1.82, 2.24) is 29.4 Å². The molecular formula is C21H31N7O. The molecule has 0 aliphatic carbocycles. The fourth-order valence-electron chi connectivity index (χ4n) is 3.47. The highest BCUT2D eigenvalue weighted by molar-refractivity contribution is 6.12. The van der Waals surface area contributed by atoms with Gasteiger partial charge < -0.3 is 10.2 Å². The first-order valence-electron chi connectivity index (χ1n) is 10.2. The van der Waals surface area contributed by atoms with Crippen LogP contribution in [0.5, 0.6) is 0 Å². The first-order valence-corrected chi connectivity index (χ1v) is 10.2. The van der Waals surface area contributed by atoms with Crippen molar-refractivity contribution in [3.63, 3.8) is 0 Å². The zero-order valence-corrected chi connectivity index (χ0v) is 18.2. The number of anilines is 1. The zero-order chi connectivity index (χ0) is 21.1. The molecule has 0 aromatic carbocycles. The SMILES string of the molecule is CCN(CC)CCn1cc(NC(=O)c2cc(C(C)C)nc3c2c(C)nn3C)cn1. The predicted molar refractivity (Wildman–Crippen MR) is 115 cm³/mol. The Hall–Kier alpha value is -2.74. The number of nitrogens with one attached hydrogen (secondary N) is 1. The van der Waals surface area contributed by atoms with Crippen molar-refractivity contribution in [2.75, 3.05) is 25.0 Å². The van der Waals surface area contributed by atoms with Gasteiger partial charge in [0.15, 0.2) is 5.65 Å². The molecule has 0 fully saturated rings. The minimum Gasteiger partial charge on any atom is -0.319 e. The van der Waals surface area contributed by atoms with E-state index in [1.165, 1.54) is 0 Å². The lowest BCUT2D eigenvalue weighted by atomic mass is 10.0. The summed E-state index contributed by atoms with van der Waals surface area (Å²) in [4.78, 5) is 20.2. The summed E-state index contributed by atoms with van der Waals surface area (Å²) in [5.41, 5.74) is 3.69. The second kappa shape index (κ2) is 8.73. The largest absolute Gasteiger partial charge is 0.319 e. The van der Waals surface area contributed by atoms with Gasteiger partial charge in [0.05, 0.1) is 35.1 Å². The maximum atomic E-state index is 13.1. The van der Waals surface area contributed by atoms with E-state index in [1.807, 2.05) is 30.9 Å². The van der Waals surface area contributed by atoms with Crippen LogP contribution in [0.4, 0.5) is 5.69 Å². The van der Waals surface area contributed by atoms with Gasteiger partial charge in [0.25, 0.3) is 5.91 Å². The number of fused-ring (bicyclic) bond motifs is 1. The number of hydrogen-bond donors (Lipinski definition) is 1. The lowest BCUT2D eigenvalue weighted by Gasteiger charge is -2.17. The average Bonchev–Trinajstić information content (AvgIpc) is 3.25. The Balaban J connectivity index is 1.83. The zero-order valence-electron chi connectivity index (χ0n) is 18.2. The van der Waals surface area contributed by atoms with Gasteiger partial charge in [0.2, 0.25) is 0 Å². The molecule has 0 aliphatic rings. The molecule has 8 heteroatoms. The predicted octanol–water partition coefficient (Wildman–Crippen LogP) is 3.19. The molecule has 3 heterocycles. The average molecular weight is 398 g/mol. The quantitative estimate of drug-likeness (QED) is 0.631. The van der Waals surface area contributed by atoms with Crippen molar-refractivity contribution in [3.8, 4) is 0 Å². The molecule has 156 valence electrons. The van der Waals surface area contributed by atoms with E-state index in [0.29, 0.717) is 11.3 Å². The Morgan fingerprint density at radius 1 is 1.28 bits per heavy atom. The first kappa shape index (κ1) is 21.0. The number of carbonyl (C=O) groups excluding carboxylic acids is 1. The summed E-state index contributed by atoms with van der Waals surface area (Å²) in [6.45, 7) is 14.1. The van der Waals surface area contributed by atoms with Crippen molar-refractivity contribution in [3.05, 3.63) is 35.4 Å². The minimum atomic E-state index is -0.168. The molecule has 0 saturated heterocycles. The Morgan fingerprint density at radius 3 is 2.66 bits per heavy atom. The molecule has 0 radical (unpaired) electrons. The molecule has 3 rings (SSSR count). The van der Waals surface area contributed by atoms with Gasteiger partial charge in [-0.2, -0.15) is 10.2 Å². The summed E-state index contributed by atoms with van der Waals surface area (Å²) in [5, 5.41) is 12.6. The van der Waals surface area contributed by atoms with E-state index in [-0.39, 0.29) is 11.8 Å². The molecular weight excluding hydrogens is 366 g/mol. The van der Waals surface area contributed by atoms with Crippen LogP contribution >= 0.6 is 0 Å². The lowest BCUT2D eigenvalue weighted by molar-refractivity contribution is 0.102. The maximum absolute atomic E-state index is 13.1. The van der Waals surface area contributed by atoms with E-state index in [4.69, 9.17) is 4.98 Å². The molecule has 0 saturated carbocycles. The number of carbonyl (C=O) groups is 1. The molecule has 0 bridgehead atoms. The molecule has 0 atom stereocenters. The van der Waals surface area contributed by atoms with E-state index >= 15 is 0 Å². The van der Waals surface area contributed by atoms with Crippen molar-refractivity contribution in [2.45, 2.75) is 47.1 Å². The normalized spacial score (nSPS) is 11.7. The molecule has 3 aromatic rings. The van der Waals surface area contributed by atoms with Crippen molar-refractivity contribution < 1.29 is 4.79 Å². The highest BCUT2D eigenvalue weighted by atomic mass is 16.1. The lowest BCUT2D eigenvalue weighted by Crippen LogP contribution is -2.27. The van der Waals surface area contributed by atoms with Crippen LogP contribution in [0.15, 0.2) is 18.5 Å². The van der Waals surface area contributed by atoms with Crippen LogP contribution in [0.2, 0.25) is 0 Å². The Bertz CT molecular complexity index is 998. The van der Waals surface area contributed by atoms with Crippen LogP contribution in [-0.4, -0.2) is 55.0 Å². The van der Waals surface area contributed by atoms with Gasteiger partial charge in [0, 0.05) is 25.5 Å². The van der Waals surface area contributed by atoms with Gasteiger partial charge in [-0.05, 0) is 32.0 Å². The third-order valence-electron chi connectivity index (χ3n) is 5.26. The standard InChI is InChI=1S/C21H31N7O/c1-7-27(8-2)9-10-28-13-16(12-22-28)23-21(29)17-11-18(14(3)4)24-20-19(17)15(5)25-26(20)6/h11-14H,7-10H2,1-6H3,(H,23,29). The molecule has 3 aromatic heterocycles. The molecule has 29 heavy (non-hydrogen) atoms. The number of pyridine rings is 1. The monoisotopic (exact) mass is 397 g/mol. The number of nitrogens with zero attached hydrogens (tertiary/aromatic N) is 6. The van der Waals surface area contributed by atoms with E-state index in [1.54, 1.807) is 10.9 Å². The van der Waals surface area contributed by atoms with Gasteiger partial charge in [-0.25, -0.2) is 4.98 Å². The molecule has 1 N–H and O–H groups in total. The van der Waals surface area contributed by atoms with E-state index < -0.39 is 0 Å². The summed E-state index contributed by atoms with van der Waals surface area (Å²) in [6.07, 6.45) is 3.57. The number of rotatable bonds is 8. The van der Waals surface area contributed by atoms with Crippen molar-refractivity contribution >= 4 is 22.6 Å². The van der Waals surface area contributed by atoms with Crippen LogP contribution in [-0.2, 0) is 13.6 Å². The third-order valence-corrected chi connectivity index (χ3v) is 5.26. The Kier molecular flexibility index (Phi) is 6.32. The summed E-state index contributed by atoms with van der Waals surface area (Å²) in [6, 6.07) is 1.88. The van der Waals surface area contributed by atoms with Gasteiger partial charge in [-0.15, -0.1) is 0 Å². The Labute approximate surface area is 171 Å². The van der Waals surface area contributed by atoms with Crippen LogP contribution in [0.25, 0.3) is 11.0 Å². The molecule has 0 spiro atoms. The van der Waals surface area contributed by atoms with Gasteiger partial charge >= 0.3 is 0 Å². The summed E-state index contributed by atoms with van der Waals surface area (Å²) >= 11 is 0. The van der Waals surface area contributed by atoms with Crippen LogP contribution in [0, 0.1) is 6.92 Å². The van der Waals surface area contributed by atoms with E-state index in [0.717, 1.165) is 48.6 Å². The molecule has 1 amide bonds. The van der Waals surface area contributed by atoms with Gasteiger partial charge in [-0.3, -0.25) is 14.2 Å². The molecule has 0 unspecified atom stereocenters. The fourth-order valence-corrected chi connectivity index (χ4v) is 3.47. The third kappa shape index (κ3) is 4.48. The highest BCUT2D eigenvalue weighted by Crippen LogP contribution is 2.25. The smallest absolute Gasteiger partial charge is 0.256 e. The molecule has 0 aliphatic heterocycles. The van der Waals surface area contributed by atoms with Crippen LogP contribution in [0.3, 0.4) is 0 Å². The summed E-state index contributed by atoms with van der Waals surface area (Å²) in [5.74, 6) is 0.0441. The number of aryl methyl sites for hydroxylation is 2.